The number of rotatable bonds is 4. The predicted molar refractivity (Wildman–Crippen MR) is 70.9 cm³/mol. The van der Waals surface area contributed by atoms with E-state index in [1.807, 2.05) is 23.3 Å². The number of aliphatic carboxylic acids is 1. The topological polar surface area (TPSA) is 60.8 Å². The second-order valence-electron chi connectivity index (χ2n) is 5.11. The molecule has 2 atom stereocenters. The fourth-order valence-corrected chi connectivity index (χ4v) is 3.28. The molecule has 0 saturated heterocycles. The molecule has 1 aliphatic rings. The molecule has 2 heterocycles. The van der Waals surface area contributed by atoms with Crippen LogP contribution >= 0.6 is 11.3 Å². The van der Waals surface area contributed by atoms with Crippen molar-refractivity contribution >= 4 is 17.3 Å². The first kappa shape index (κ1) is 13.5. The van der Waals surface area contributed by atoms with E-state index in [1.165, 1.54) is 0 Å². The molecule has 2 rings (SSSR count). The summed E-state index contributed by atoms with van der Waals surface area (Å²) in [7, 11) is 0. The van der Waals surface area contributed by atoms with Gasteiger partial charge in [0.25, 0.3) is 0 Å². The molecule has 2 unspecified atom stereocenters. The summed E-state index contributed by atoms with van der Waals surface area (Å²) in [6, 6.07) is 1.28. The molecule has 4 nitrogen and oxygen atoms in total. The Morgan fingerprint density at radius 1 is 1.67 bits per heavy atom. The smallest absolute Gasteiger partial charge is 0.325 e. The second kappa shape index (κ2) is 4.99. The zero-order valence-electron chi connectivity index (χ0n) is 10.7. The van der Waals surface area contributed by atoms with Crippen LogP contribution in [0.1, 0.15) is 36.8 Å². The van der Waals surface area contributed by atoms with E-state index < -0.39 is 17.6 Å². The Hall–Kier alpha value is -0.910. The maximum atomic E-state index is 11.5. The van der Waals surface area contributed by atoms with Crippen molar-refractivity contribution in [2.75, 3.05) is 13.1 Å². The minimum absolute atomic E-state index is 0.399. The Morgan fingerprint density at radius 3 is 3.00 bits per heavy atom. The zero-order valence-corrected chi connectivity index (χ0v) is 11.5. The van der Waals surface area contributed by atoms with Gasteiger partial charge in [0.1, 0.15) is 6.04 Å². The fourth-order valence-electron chi connectivity index (χ4n) is 2.38. The molecule has 0 saturated carbocycles. The van der Waals surface area contributed by atoms with Crippen molar-refractivity contribution in [2.24, 2.45) is 0 Å². The monoisotopic (exact) mass is 269 g/mol. The summed E-state index contributed by atoms with van der Waals surface area (Å²) in [5, 5.41) is 21.5. The predicted octanol–water partition coefficient (Wildman–Crippen LogP) is 1.89. The molecule has 100 valence electrons. The molecule has 0 fully saturated rings. The van der Waals surface area contributed by atoms with Gasteiger partial charge in [-0.2, -0.15) is 0 Å². The summed E-state index contributed by atoms with van der Waals surface area (Å²) in [5.41, 5.74) is 0.0620. The van der Waals surface area contributed by atoms with Crippen LogP contribution in [0.25, 0.3) is 0 Å². The number of carboxylic acid groups (broad SMARTS) is 1. The Labute approximate surface area is 111 Å². The summed E-state index contributed by atoms with van der Waals surface area (Å²) in [4.78, 5) is 14.5. The number of carbonyl (C=O) groups is 1. The third-order valence-corrected chi connectivity index (χ3v) is 4.60. The molecule has 0 amide bonds. The number of hydrogen-bond donors (Lipinski definition) is 2. The minimum atomic E-state index is -0.832. The summed E-state index contributed by atoms with van der Waals surface area (Å²) >= 11 is 1.62. The van der Waals surface area contributed by atoms with Gasteiger partial charge in [-0.05, 0) is 36.8 Å². The molecular weight excluding hydrogens is 250 g/mol. The first-order valence-corrected chi connectivity index (χ1v) is 7.08. The van der Waals surface area contributed by atoms with Crippen molar-refractivity contribution in [1.82, 2.24) is 4.90 Å². The lowest BCUT2D eigenvalue weighted by molar-refractivity contribution is -0.145. The average Bonchev–Trinajstić information content (AvgIpc) is 2.75. The van der Waals surface area contributed by atoms with E-state index in [4.69, 9.17) is 0 Å². The van der Waals surface area contributed by atoms with Crippen LogP contribution in [-0.4, -0.2) is 39.8 Å². The van der Waals surface area contributed by atoms with Gasteiger partial charge in [-0.1, -0.05) is 6.92 Å². The third-order valence-electron chi connectivity index (χ3n) is 3.60. The molecule has 0 spiro atoms. The molecule has 0 aliphatic carbocycles. The van der Waals surface area contributed by atoms with E-state index in [2.05, 4.69) is 0 Å². The third kappa shape index (κ3) is 2.58. The Kier molecular flexibility index (Phi) is 3.75. The fraction of sp³-hybridized carbons (Fsp3) is 0.615. The minimum Gasteiger partial charge on any atom is -0.480 e. The summed E-state index contributed by atoms with van der Waals surface area (Å²) in [6.45, 7) is 4.77. The number of thiophene rings is 1. The number of aliphatic hydroxyl groups is 1. The highest BCUT2D eigenvalue weighted by atomic mass is 32.1. The molecule has 0 aromatic carbocycles. The maximum Gasteiger partial charge on any atom is 0.325 e. The lowest BCUT2D eigenvalue weighted by Gasteiger charge is -2.37. The first-order chi connectivity index (χ1) is 8.44. The SMILES string of the molecule is CCC(C)(O)CN1CCc2sccc2C1C(=O)O. The van der Waals surface area contributed by atoms with Crippen LogP contribution in [0.15, 0.2) is 11.4 Å². The Balaban J connectivity index is 2.25. The highest BCUT2D eigenvalue weighted by Gasteiger charge is 2.36. The molecule has 1 aliphatic heterocycles. The summed E-state index contributed by atoms with van der Waals surface area (Å²) in [5.74, 6) is -0.832. The van der Waals surface area contributed by atoms with Crippen molar-refractivity contribution in [3.8, 4) is 0 Å². The second-order valence-corrected chi connectivity index (χ2v) is 6.11. The molecular formula is C13H19NO3S. The summed E-state index contributed by atoms with van der Waals surface area (Å²) in [6.07, 6.45) is 1.49. The van der Waals surface area contributed by atoms with E-state index in [0.29, 0.717) is 19.5 Å². The molecule has 0 radical (unpaired) electrons. The van der Waals surface area contributed by atoms with Gasteiger partial charge >= 0.3 is 5.97 Å². The number of carboxylic acids is 1. The van der Waals surface area contributed by atoms with Crippen LogP contribution in [0.2, 0.25) is 0 Å². The van der Waals surface area contributed by atoms with Crippen LogP contribution in [-0.2, 0) is 11.2 Å². The van der Waals surface area contributed by atoms with Gasteiger partial charge in [-0.3, -0.25) is 9.69 Å². The largest absolute Gasteiger partial charge is 0.480 e. The average molecular weight is 269 g/mol. The van der Waals surface area contributed by atoms with Crippen LogP contribution in [0.4, 0.5) is 0 Å². The van der Waals surface area contributed by atoms with Gasteiger partial charge in [0, 0.05) is 18.0 Å². The highest BCUT2D eigenvalue weighted by Crippen LogP contribution is 2.34. The number of nitrogens with zero attached hydrogens (tertiary/aromatic N) is 1. The lowest BCUT2D eigenvalue weighted by Crippen LogP contribution is -2.47. The van der Waals surface area contributed by atoms with Gasteiger partial charge in [-0.15, -0.1) is 11.3 Å². The number of β-amino-alcohol motifs (C(OH)–C–C–N with tert-alkyl or cyclic N) is 1. The van der Waals surface area contributed by atoms with Crippen LogP contribution in [0, 0.1) is 0 Å². The zero-order chi connectivity index (χ0) is 13.3. The lowest BCUT2D eigenvalue weighted by atomic mass is 9.96. The van der Waals surface area contributed by atoms with E-state index in [-0.39, 0.29) is 0 Å². The van der Waals surface area contributed by atoms with Gasteiger partial charge < -0.3 is 10.2 Å². The van der Waals surface area contributed by atoms with Gasteiger partial charge in [0.15, 0.2) is 0 Å². The Morgan fingerprint density at radius 2 is 2.39 bits per heavy atom. The molecule has 1 aromatic heterocycles. The van der Waals surface area contributed by atoms with Crippen molar-refractivity contribution in [1.29, 1.82) is 0 Å². The van der Waals surface area contributed by atoms with Gasteiger partial charge in [-0.25, -0.2) is 0 Å². The van der Waals surface area contributed by atoms with Crippen molar-refractivity contribution < 1.29 is 15.0 Å². The van der Waals surface area contributed by atoms with Crippen molar-refractivity contribution in [3.63, 3.8) is 0 Å². The van der Waals surface area contributed by atoms with Crippen molar-refractivity contribution in [2.45, 2.75) is 38.3 Å². The van der Waals surface area contributed by atoms with Crippen LogP contribution < -0.4 is 0 Å². The van der Waals surface area contributed by atoms with Gasteiger partial charge in [0.2, 0.25) is 0 Å². The van der Waals surface area contributed by atoms with E-state index in [0.717, 1.165) is 16.9 Å². The molecule has 2 N–H and O–H groups in total. The van der Waals surface area contributed by atoms with Gasteiger partial charge in [0.05, 0.1) is 5.60 Å². The first-order valence-electron chi connectivity index (χ1n) is 6.20. The standard InChI is InChI=1S/C13H19NO3S/c1-3-13(2,17)8-14-6-4-10-9(5-7-18-10)11(14)12(15)16/h5,7,11,17H,3-4,6,8H2,1-2H3,(H,15,16). The van der Waals surface area contributed by atoms with Crippen LogP contribution in [0.5, 0.6) is 0 Å². The molecule has 0 bridgehead atoms. The number of hydrogen-bond acceptors (Lipinski definition) is 4. The van der Waals surface area contributed by atoms with E-state index in [1.54, 1.807) is 18.3 Å². The maximum absolute atomic E-state index is 11.5. The van der Waals surface area contributed by atoms with E-state index in [9.17, 15) is 15.0 Å². The quantitative estimate of drug-likeness (QED) is 0.876. The highest BCUT2D eigenvalue weighted by molar-refractivity contribution is 7.10. The van der Waals surface area contributed by atoms with E-state index >= 15 is 0 Å². The summed E-state index contributed by atoms with van der Waals surface area (Å²) < 4.78 is 0. The molecule has 18 heavy (non-hydrogen) atoms. The Bertz CT molecular complexity index is 441. The number of fused-ring (bicyclic) bond motifs is 1. The van der Waals surface area contributed by atoms with Crippen molar-refractivity contribution in [3.05, 3.63) is 21.9 Å². The normalized spacial score (nSPS) is 23.4. The van der Waals surface area contributed by atoms with Crippen LogP contribution in [0.3, 0.4) is 0 Å². The molecule has 1 aromatic rings. The molecule has 5 heteroatoms.